The monoisotopic (exact) mass is 376 g/mol. The first-order chi connectivity index (χ1) is 13.6. The van der Waals surface area contributed by atoms with Gasteiger partial charge < -0.3 is 15.0 Å². The zero-order chi connectivity index (χ0) is 19.9. The third-order valence-electron chi connectivity index (χ3n) is 4.11. The van der Waals surface area contributed by atoms with E-state index < -0.39 is 11.9 Å². The molecule has 28 heavy (non-hydrogen) atoms. The molecule has 0 aliphatic carbocycles. The standard InChI is InChI=1S/C21H20N4O3/c1-25(14-15-8-4-3-5-9-15)19-13-22-18(12-23-19)20(26)24-17-11-7-6-10-16(17)21(27)28-2/h3-13H,14H2,1-2H3,(H,24,26). The van der Waals surface area contributed by atoms with Crippen LogP contribution in [0.1, 0.15) is 26.4 Å². The summed E-state index contributed by atoms with van der Waals surface area (Å²) in [4.78, 5) is 34.7. The van der Waals surface area contributed by atoms with E-state index in [-0.39, 0.29) is 11.3 Å². The fraction of sp³-hybridized carbons (Fsp3) is 0.143. The lowest BCUT2D eigenvalue weighted by molar-refractivity contribution is 0.0602. The first-order valence-corrected chi connectivity index (χ1v) is 8.64. The fourth-order valence-corrected chi connectivity index (χ4v) is 2.64. The summed E-state index contributed by atoms with van der Waals surface area (Å²) in [5, 5.41) is 2.67. The summed E-state index contributed by atoms with van der Waals surface area (Å²) in [6.45, 7) is 0.674. The molecule has 0 unspecified atom stereocenters. The maximum absolute atomic E-state index is 12.5. The van der Waals surface area contributed by atoms with Gasteiger partial charge in [0.1, 0.15) is 11.5 Å². The number of nitrogens with zero attached hydrogens (tertiary/aromatic N) is 3. The van der Waals surface area contributed by atoms with Crippen LogP contribution in [-0.4, -0.2) is 36.0 Å². The number of hydrogen-bond acceptors (Lipinski definition) is 6. The molecule has 7 nitrogen and oxygen atoms in total. The zero-order valence-corrected chi connectivity index (χ0v) is 15.6. The largest absolute Gasteiger partial charge is 0.465 e. The Morgan fingerprint density at radius 3 is 2.39 bits per heavy atom. The predicted octanol–water partition coefficient (Wildman–Crippen LogP) is 3.15. The van der Waals surface area contributed by atoms with Crippen molar-refractivity contribution in [3.8, 4) is 0 Å². The minimum Gasteiger partial charge on any atom is -0.465 e. The van der Waals surface area contributed by atoms with Crippen molar-refractivity contribution in [2.45, 2.75) is 6.54 Å². The molecule has 0 aliphatic rings. The minimum atomic E-state index is -0.528. The number of ether oxygens (including phenoxy) is 1. The molecular formula is C21H20N4O3. The summed E-state index contributed by atoms with van der Waals surface area (Å²) in [6.07, 6.45) is 2.96. The van der Waals surface area contributed by atoms with E-state index in [2.05, 4.69) is 15.3 Å². The van der Waals surface area contributed by atoms with Crippen LogP contribution in [-0.2, 0) is 11.3 Å². The van der Waals surface area contributed by atoms with Crippen molar-refractivity contribution in [1.29, 1.82) is 0 Å². The highest BCUT2D eigenvalue weighted by Gasteiger charge is 2.15. The van der Waals surface area contributed by atoms with E-state index in [4.69, 9.17) is 4.74 Å². The van der Waals surface area contributed by atoms with Gasteiger partial charge in [-0.3, -0.25) is 4.79 Å². The lowest BCUT2D eigenvalue weighted by atomic mass is 10.1. The number of benzene rings is 2. The van der Waals surface area contributed by atoms with Gasteiger partial charge in [-0.15, -0.1) is 0 Å². The Hall–Kier alpha value is -3.74. The van der Waals surface area contributed by atoms with Crippen molar-refractivity contribution >= 4 is 23.4 Å². The van der Waals surface area contributed by atoms with Gasteiger partial charge in [0.05, 0.1) is 30.8 Å². The number of carbonyl (C=O) groups is 2. The highest BCUT2D eigenvalue weighted by Crippen LogP contribution is 2.17. The zero-order valence-electron chi connectivity index (χ0n) is 15.6. The highest BCUT2D eigenvalue weighted by molar-refractivity contribution is 6.06. The number of methoxy groups -OCH3 is 1. The van der Waals surface area contributed by atoms with Gasteiger partial charge >= 0.3 is 5.97 Å². The molecule has 0 spiro atoms. The van der Waals surface area contributed by atoms with Gasteiger partial charge in [-0.1, -0.05) is 42.5 Å². The quantitative estimate of drug-likeness (QED) is 0.665. The van der Waals surface area contributed by atoms with E-state index in [1.807, 2.05) is 42.3 Å². The molecule has 1 amide bonds. The molecule has 0 bridgehead atoms. The molecule has 2 aromatic carbocycles. The van der Waals surface area contributed by atoms with Gasteiger partial charge in [0.15, 0.2) is 0 Å². The van der Waals surface area contributed by atoms with Crippen LogP contribution in [0, 0.1) is 0 Å². The minimum absolute atomic E-state index is 0.150. The Morgan fingerprint density at radius 2 is 1.71 bits per heavy atom. The second-order valence-electron chi connectivity index (χ2n) is 6.09. The van der Waals surface area contributed by atoms with Crippen molar-refractivity contribution in [2.75, 3.05) is 24.4 Å². The first-order valence-electron chi connectivity index (χ1n) is 8.64. The molecule has 0 saturated carbocycles. The second kappa shape index (κ2) is 8.77. The van der Waals surface area contributed by atoms with Crippen molar-refractivity contribution in [2.24, 2.45) is 0 Å². The highest BCUT2D eigenvalue weighted by atomic mass is 16.5. The molecule has 3 rings (SSSR count). The Bertz CT molecular complexity index is 959. The van der Waals surface area contributed by atoms with Crippen LogP contribution in [0.5, 0.6) is 0 Å². The van der Waals surface area contributed by atoms with Gasteiger partial charge in [-0.25, -0.2) is 14.8 Å². The van der Waals surface area contributed by atoms with Gasteiger partial charge in [-0.05, 0) is 17.7 Å². The number of para-hydroxylation sites is 1. The number of amides is 1. The number of carbonyl (C=O) groups excluding carboxylic acids is 2. The van der Waals surface area contributed by atoms with Gasteiger partial charge in [0, 0.05) is 13.6 Å². The summed E-state index contributed by atoms with van der Waals surface area (Å²) in [5.41, 5.74) is 1.92. The number of esters is 1. The number of rotatable bonds is 6. The molecular weight excluding hydrogens is 356 g/mol. The molecule has 142 valence electrons. The summed E-state index contributed by atoms with van der Waals surface area (Å²) in [7, 11) is 3.19. The number of nitrogens with one attached hydrogen (secondary N) is 1. The SMILES string of the molecule is COC(=O)c1ccccc1NC(=O)c1cnc(N(C)Cc2ccccc2)cn1. The predicted molar refractivity (Wildman–Crippen MR) is 106 cm³/mol. The van der Waals surface area contributed by atoms with Gasteiger partial charge in [0.2, 0.25) is 0 Å². The van der Waals surface area contributed by atoms with Crippen molar-refractivity contribution in [1.82, 2.24) is 9.97 Å². The maximum Gasteiger partial charge on any atom is 0.339 e. The van der Waals surface area contributed by atoms with Crippen LogP contribution in [0.4, 0.5) is 11.5 Å². The Labute approximate surface area is 163 Å². The fourth-order valence-electron chi connectivity index (χ4n) is 2.64. The summed E-state index contributed by atoms with van der Waals surface area (Å²) in [6, 6.07) is 16.6. The smallest absolute Gasteiger partial charge is 0.339 e. The average Bonchev–Trinajstić information content (AvgIpc) is 2.74. The topological polar surface area (TPSA) is 84.4 Å². The third kappa shape index (κ3) is 4.50. The van der Waals surface area contributed by atoms with Crippen LogP contribution >= 0.6 is 0 Å². The van der Waals surface area contributed by atoms with E-state index in [1.54, 1.807) is 30.5 Å². The van der Waals surface area contributed by atoms with Crippen molar-refractivity contribution in [3.63, 3.8) is 0 Å². The van der Waals surface area contributed by atoms with E-state index in [9.17, 15) is 9.59 Å². The number of anilines is 2. The van der Waals surface area contributed by atoms with E-state index in [1.165, 1.54) is 13.3 Å². The Kier molecular flexibility index (Phi) is 5.96. The molecule has 0 saturated heterocycles. The molecule has 1 heterocycles. The van der Waals surface area contributed by atoms with Crippen LogP contribution in [0.25, 0.3) is 0 Å². The average molecular weight is 376 g/mol. The van der Waals surface area contributed by atoms with Crippen LogP contribution < -0.4 is 10.2 Å². The maximum atomic E-state index is 12.5. The molecule has 0 aliphatic heterocycles. The number of hydrogen-bond donors (Lipinski definition) is 1. The molecule has 0 atom stereocenters. The number of aromatic nitrogens is 2. The Balaban J connectivity index is 1.70. The lowest BCUT2D eigenvalue weighted by Gasteiger charge is -2.18. The third-order valence-corrected chi connectivity index (χ3v) is 4.11. The molecule has 1 N–H and O–H groups in total. The van der Waals surface area contributed by atoms with Crippen molar-refractivity contribution < 1.29 is 14.3 Å². The molecule has 7 heteroatoms. The molecule has 3 aromatic rings. The molecule has 0 radical (unpaired) electrons. The summed E-state index contributed by atoms with van der Waals surface area (Å²) < 4.78 is 4.73. The van der Waals surface area contributed by atoms with Crippen molar-refractivity contribution in [3.05, 3.63) is 83.8 Å². The Morgan fingerprint density at radius 1 is 1.00 bits per heavy atom. The molecule has 1 aromatic heterocycles. The normalized spacial score (nSPS) is 10.2. The van der Waals surface area contributed by atoms with Gasteiger partial charge in [-0.2, -0.15) is 0 Å². The van der Waals surface area contributed by atoms with E-state index in [0.29, 0.717) is 18.1 Å². The second-order valence-corrected chi connectivity index (χ2v) is 6.09. The molecule has 0 fully saturated rings. The first kappa shape index (κ1) is 19.0. The van der Waals surface area contributed by atoms with Gasteiger partial charge in [0.25, 0.3) is 5.91 Å². The summed E-state index contributed by atoms with van der Waals surface area (Å²) >= 11 is 0. The van der Waals surface area contributed by atoms with Crippen LogP contribution in [0.2, 0.25) is 0 Å². The van der Waals surface area contributed by atoms with E-state index >= 15 is 0 Å². The lowest BCUT2D eigenvalue weighted by Crippen LogP contribution is -2.20. The summed E-state index contributed by atoms with van der Waals surface area (Å²) in [5.74, 6) is -0.337. The van der Waals surface area contributed by atoms with Crippen LogP contribution in [0.15, 0.2) is 67.0 Å². The van der Waals surface area contributed by atoms with E-state index in [0.717, 1.165) is 5.56 Å². The van der Waals surface area contributed by atoms with Crippen LogP contribution in [0.3, 0.4) is 0 Å².